The van der Waals surface area contributed by atoms with Crippen LogP contribution >= 0.6 is 11.6 Å². The molecule has 0 heterocycles. The number of alkyl halides is 1. The van der Waals surface area contributed by atoms with Gasteiger partial charge in [0.2, 0.25) is 5.91 Å². The molecule has 0 bridgehead atoms. The molecule has 0 saturated heterocycles. The lowest BCUT2D eigenvalue weighted by atomic mass is 10.3. The normalized spacial score (nSPS) is 9.62. The van der Waals surface area contributed by atoms with Crippen LogP contribution in [0.5, 0.6) is 0 Å². The van der Waals surface area contributed by atoms with E-state index >= 15 is 0 Å². The van der Waals surface area contributed by atoms with E-state index in [9.17, 15) is 9.59 Å². The number of rotatable bonds is 8. The van der Waals surface area contributed by atoms with E-state index in [-0.39, 0.29) is 11.9 Å². The maximum atomic E-state index is 11.0. The molecule has 4 nitrogen and oxygen atoms in total. The highest BCUT2D eigenvalue weighted by atomic mass is 35.5. The first-order valence-corrected chi connectivity index (χ1v) is 5.76. The summed E-state index contributed by atoms with van der Waals surface area (Å²) >= 11 is 5.40. The fraction of sp³-hybridized carbons (Fsp3) is 0.636. The van der Waals surface area contributed by atoms with Crippen LogP contribution in [0.2, 0.25) is 0 Å². The van der Waals surface area contributed by atoms with E-state index in [1.165, 1.54) is 0 Å². The third kappa shape index (κ3) is 8.29. The largest absolute Gasteiger partial charge is 0.462 e. The Morgan fingerprint density at radius 2 is 2.06 bits per heavy atom. The molecule has 0 fully saturated rings. The van der Waals surface area contributed by atoms with Crippen molar-refractivity contribution >= 4 is 23.5 Å². The van der Waals surface area contributed by atoms with Crippen molar-refractivity contribution in [2.75, 3.05) is 19.0 Å². The van der Waals surface area contributed by atoms with E-state index in [0.29, 0.717) is 31.0 Å². The molecule has 0 aliphatic rings. The highest BCUT2D eigenvalue weighted by molar-refractivity contribution is 6.18. The first kappa shape index (κ1) is 15.0. The quantitative estimate of drug-likeness (QED) is 0.307. The van der Waals surface area contributed by atoms with Crippen molar-refractivity contribution in [3.8, 4) is 0 Å². The number of hydrogen-bond acceptors (Lipinski definition) is 3. The van der Waals surface area contributed by atoms with Crippen molar-refractivity contribution in [1.29, 1.82) is 0 Å². The molecule has 16 heavy (non-hydrogen) atoms. The molecule has 1 amide bonds. The lowest BCUT2D eigenvalue weighted by Gasteiger charge is -2.05. The number of unbranched alkanes of at least 4 members (excludes halogenated alkanes) is 1. The van der Waals surface area contributed by atoms with Crippen LogP contribution in [0.4, 0.5) is 0 Å². The Hall–Kier alpha value is -1.03. The highest BCUT2D eigenvalue weighted by Gasteiger charge is 2.02. The van der Waals surface area contributed by atoms with Crippen LogP contribution in [0.25, 0.3) is 0 Å². The maximum Gasteiger partial charge on any atom is 0.333 e. The third-order valence-electron chi connectivity index (χ3n) is 1.80. The summed E-state index contributed by atoms with van der Waals surface area (Å²) in [6.45, 7) is 6.02. The lowest BCUT2D eigenvalue weighted by Crippen LogP contribution is -2.24. The Morgan fingerprint density at radius 3 is 2.62 bits per heavy atom. The topological polar surface area (TPSA) is 55.4 Å². The van der Waals surface area contributed by atoms with Crippen LogP contribution in [0.15, 0.2) is 12.2 Å². The van der Waals surface area contributed by atoms with Crippen molar-refractivity contribution in [3.63, 3.8) is 0 Å². The zero-order valence-corrected chi connectivity index (χ0v) is 10.3. The third-order valence-corrected chi connectivity index (χ3v) is 1.99. The average Bonchev–Trinajstić information content (AvgIpc) is 2.23. The Morgan fingerprint density at radius 1 is 1.38 bits per heavy atom. The van der Waals surface area contributed by atoms with E-state index in [2.05, 4.69) is 11.9 Å². The summed E-state index contributed by atoms with van der Waals surface area (Å²) < 4.78 is 4.89. The number of halogens is 1. The molecule has 5 heteroatoms. The van der Waals surface area contributed by atoms with Gasteiger partial charge < -0.3 is 10.1 Å². The van der Waals surface area contributed by atoms with Gasteiger partial charge in [0.25, 0.3) is 0 Å². The van der Waals surface area contributed by atoms with Crippen molar-refractivity contribution in [2.24, 2.45) is 0 Å². The summed E-state index contributed by atoms with van der Waals surface area (Å²) in [5.74, 6) is -0.0812. The molecule has 0 aliphatic carbocycles. The van der Waals surface area contributed by atoms with Crippen LogP contribution in [0.3, 0.4) is 0 Å². The van der Waals surface area contributed by atoms with Crippen LogP contribution in [-0.4, -0.2) is 30.9 Å². The second-order valence-electron chi connectivity index (χ2n) is 3.41. The van der Waals surface area contributed by atoms with Gasteiger partial charge in [0.15, 0.2) is 0 Å². The highest BCUT2D eigenvalue weighted by Crippen LogP contribution is 1.95. The minimum Gasteiger partial charge on any atom is -0.462 e. The van der Waals surface area contributed by atoms with Crippen LogP contribution in [0, 0.1) is 0 Å². The van der Waals surface area contributed by atoms with Gasteiger partial charge in [-0.25, -0.2) is 4.79 Å². The summed E-state index contributed by atoms with van der Waals surface area (Å²) in [6.07, 6.45) is 1.84. The predicted molar refractivity (Wildman–Crippen MR) is 63.4 cm³/mol. The van der Waals surface area contributed by atoms with Gasteiger partial charge in [-0.2, -0.15) is 0 Å². The maximum absolute atomic E-state index is 11.0. The Balaban J connectivity index is 3.31. The van der Waals surface area contributed by atoms with Crippen molar-refractivity contribution < 1.29 is 14.3 Å². The van der Waals surface area contributed by atoms with Gasteiger partial charge in [-0.1, -0.05) is 6.58 Å². The molecular formula is C11H18ClNO3. The van der Waals surface area contributed by atoms with Gasteiger partial charge in [0, 0.05) is 24.4 Å². The molecular weight excluding hydrogens is 230 g/mol. The Bertz CT molecular complexity index is 254. The number of ether oxygens (including phenoxy) is 1. The summed E-state index contributed by atoms with van der Waals surface area (Å²) in [5.41, 5.74) is 0.399. The summed E-state index contributed by atoms with van der Waals surface area (Å²) in [4.78, 5) is 21.9. The molecule has 0 aromatic carbocycles. The molecule has 0 aliphatic heterocycles. The molecule has 0 saturated carbocycles. The second kappa shape index (κ2) is 9.21. The molecule has 0 atom stereocenters. The average molecular weight is 248 g/mol. The molecule has 0 unspecified atom stereocenters. The Labute approximate surface area is 101 Å². The second-order valence-corrected chi connectivity index (χ2v) is 3.79. The van der Waals surface area contributed by atoms with Crippen LogP contribution in [-0.2, 0) is 14.3 Å². The fourth-order valence-electron chi connectivity index (χ4n) is 0.917. The molecule has 0 radical (unpaired) electrons. The molecule has 0 aromatic rings. The smallest absolute Gasteiger partial charge is 0.333 e. The van der Waals surface area contributed by atoms with Gasteiger partial charge in [-0.3, -0.25) is 4.79 Å². The van der Waals surface area contributed by atoms with Gasteiger partial charge in [-0.15, -0.1) is 11.6 Å². The summed E-state index contributed by atoms with van der Waals surface area (Å²) in [7, 11) is 0. The van der Waals surface area contributed by atoms with Crippen molar-refractivity contribution in [2.45, 2.75) is 26.2 Å². The minimum atomic E-state index is -0.369. The first-order chi connectivity index (χ1) is 7.57. The summed E-state index contributed by atoms with van der Waals surface area (Å²) in [6, 6.07) is 0. The lowest BCUT2D eigenvalue weighted by molar-refractivity contribution is -0.139. The number of carbonyl (C=O) groups excluding carboxylic acids is 2. The number of hydrogen-bond donors (Lipinski definition) is 1. The van der Waals surface area contributed by atoms with E-state index < -0.39 is 0 Å². The van der Waals surface area contributed by atoms with E-state index in [4.69, 9.17) is 16.3 Å². The van der Waals surface area contributed by atoms with E-state index in [1.54, 1.807) is 6.92 Å². The molecule has 92 valence electrons. The van der Waals surface area contributed by atoms with E-state index in [1.807, 2.05) is 0 Å². The van der Waals surface area contributed by atoms with Gasteiger partial charge in [0.1, 0.15) is 0 Å². The zero-order chi connectivity index (χ0) is 12.4. The molecule has 0 aromatic heterocycles. The van der Waals surface area contributed by atoms with Crippen LogP contribution in [0.1, 0.15) is 26.2 Å². The SMILES string of the molecule is C=C(C)C(=O)OCCCCNC(=O)CCCl. The molecule has 0 spiro atoms. The number of amides is 1. The van der Waals surface area contributed by atoms with Gasteiger partial charge >= 0.3 is 5.97 Å². The van der Waals surface area contributed by atoms with Crippen molar-refractivity contribution in [1.82, 2.24) is 5.32 Å². The van der Waals surface area contributed by atoms with Crippen molar-refractivity contribution in [3.05, 3.63) is 12.2 Å². The molecule has 1 N–H and O–H groups in total. The summed E-state index contributed by atoms with van der Waals surface area (Å²) in [5, 5.41) is 2.71. The minimum absolute atomic E-state index is 0.0473. The first-order valence-electron chi connectivity index (χ1n) is 5.23. The van der Waals surface area contributed by atoms with Gasteiger partial charge in [-0.05, 0) is 19.8 Å². The monoisotopic (exact) mass is 247 g/mol. The Kier molecular flexibility index (Phi) is 8.62. The number of esters is 1. The van der Waals surface area contributed by atoms with E-state index in [0.717, 1.165) is 12.8 Å². The molecule has 0 rings (SSSR count). The number of carbonyl (C=O) groups is 2. The number of nitrogens with one attached hydrogen (secondary N) is 1. The zero-order valence-electron chi connectivity index (χ0n) is 9.55. The predicted octanol–water partition coefficient (Wildman–Crippen LogP) is 1.63. The van der Waals surface area contributed by atoms with Gasteiger partial charge in [0.05, 0.1) is 6.61 Å². The van der Waals surface area contributed by atoms with Crippen LogP contribution < -0.4 is 5.32 Å². The fourth-order valence-corrected chi connectivity index (χ4v) is 1.09. The standard InChI is InChI=1S/C11H18ClNO3/c1-9(2)11(15)16-8-4-3-7-13-10(14)5-6-12/h1,3-8H2,2H3,(H,13,14).